The normalized spacial score (nSPS) is 11.7. The number of para-hydroxylation sites is 1. The van der Waals surface area contributed by atoms with Gasteiger partial charge in [0, 0.05) is 12.6 Å². The molecular formula is C12H11F3N2OS. The molecule has 0 bridgehead atoms. The van der Waals surface area contributed by atoms with E-state index in [0.717, 1.165) is 4.57 Å². The minimum absolute atomic E-state index is 0.0133. The van der Waals surface area contributed by atoms with E-state index in [9.17, 15) is 13.2 Å². The molecule has 3 nitrogen and oxygen atoms in total. The number of ether oxygens (including phenoxy) is 1. The van der Waals surface area contributed by atoms with Crippen LogP contribution in [0.5, 0.6) is 5.75 Å². The summed E-state index contributed by atoms with van der Waals surface area (Å²) in [6.45, 7) is 0. The van der Waals surface area contributed by atoms with Crippen LogP contribution in [0.1, 0.15) is 5.82 Å². The number of rotatable bonds is 2. The second-order valence-electron chi connectivity index (χ2n) is 3.86. The number of benzene rings is 1. The molecule has 102 valence electrons. The average molecular weight is 288 g/mol. The quantitative estimate of drug-likeness (QED) is 0.857. The van der Waals surface area contributed by atoms with Gasteiger partial charge in [-0.25, -0.2) is 4.98 Å². The van der Waals surface area contributed by atoms with Gasteiger partial charge in [-0.15, -0.1) is 12.6 Å². The van der Waals surface area contributed by atoms with Gasteiger partial charge in [-0.3, -0.25) is 0 Å². The van der Waals surface area contributed by atoms with Crippen LogP contribution >= 0.6 is 12.6 Å². The number of aromatic nitrogens is 2. The molecule has 0 saturated heterocycles. The molecular weight excluding hydrogens is 277 g/mol. The van der Waals surface area contributed by atoms with E-state index in [1.807, 2.05) is 0 Å². The first-order valence-corrected chi connectivity index (χ1v) is 5.77. The van der Waals surface area contributed by atoms with Crippen LogP contribution in [-0.2, 0) is 13.2 Å². The standard InChI is InChI=1S/C12H11F3N2OS/c1-17-9(7-5-3-4-6-8(7)18-2)10(19)16-11(17)12(13,14)15/h3-6,19H,1-2H3. The SMILES string of the molecule is COc1ccccc1-c1c(S)nc(C(F)(F)F)n1C. The molecule has 0 N–H and O–H groups in total. The number of nitrogens with zero attached hydrogens (tertiary/aromatic N) is 2. The fourth-order valence-electron chi connectivity index (χ4n) is 1.88. The van der Waals surface area contributed by atoms with Crippen molar-refractivity contribution in [2.75, 3.05) is 7.11 Å². The van der Waals surface area contributed by atoms with Crippen molar-refractivity contribution in [3.63, 3.8) is 0 Å². The Balaban J connectivity index is 2.67. The minimum atomic E-state index is -4.52. The van der Waals surface area contributed by atoms with E-state index in [0.29, 0.717) is 11.3 Å². The zero-order chi connectivity index (χ0) is 14.2. The summed E-state index contributed by atoms with van der Waals surface area (Å²) in [5, 5.41) is 0.0133. The molecule has 0 radical (unpaired) electrons. The third-order valence-electron chi connectivity index (χ3n) is 2.69. The summed E-state index contributed by atoms with van der Waals surface area (Å²) >= 11 is 4.03. The molecule has 0 fully saturated rings. The van der Waals surface area contributed by atoms with E-state index >= 15 is 0 Å². The van der Waals surface area contributed by atoms with Crippen molar-refractivity contribution in [2.24, 2.45) is 7.05 Å². The second-order valence-corrected chi connectivity index (χ2v) is 4.29. The molecule has 0 aliphatic rings. The van der Waals surface area contributed by atoms with Crippen LogP contribution in [0.25, 0.3) is 11.3 Å². The van der Waals surface area contributed by atoms with Gasteiger partial charge < -0.3 is 9.30 Å². The van der Waals surface area contributed by atoms with Crippen molar-refractivity contribution in [3.05, 3.63) is 30.1 Å². The third kappa shape index (κ3) is 2.42. The summed E-state index contributed by atoms with van der Waals surface area (Å²) < 4.78 is 44.5. The van der Waals surface area contributed by atoms with E-state index in [1.54, 1.807) is 24.3 Å². The van der Waals surface area contributed by atoms with Crippen molar-refractivity contribution in [1.29, 1.82) is 0 Å². The molecule has 19 heavy (non-hydrogen) atoms. The van der Waals surface area contributed by atoms with Crippen molar-refractivity contribution >= 4 is 12.6 Å². The van der Waals surface area contributed by atoms with Crippen molar-refractivity contribution in [1.82, 2.24) is 9.55 Å². The fraction of sp³-hybridized carbons (Fsp3) is 0.250. The molecule has 1 aromatic carbocycles. The van der Waals surface area contributed by atoms with Gasteiger partial charge in [0.05, 0.1) is 12.8 Å². The highest BCUT2D eigenvalue weighted by molar-refractivity contribution is 7.80. The van der Waals surface area contributed by atoms with Gasteiger partial charge in [0.2, 0.25) is 5.82 Å². The van der Waals surface area contributed by atoms with E-state index < -0.39 is 12.0 Å². The summed E-state index contributed by atoms with van der Waals surface area (Å²) in [5.41, 5.74) is 0.786. The number of hydrogen-bond donors (Lipinski definition) is 1. The molecule has 2 rings (SSSR count). The number of thiol groups is 1. The summed E-state index contributed by atoms with van der Waals surface area (Å²) in [5.74, 6) is -0.520. The molecule has 0 spiro atoms. The van der Waals surface area contributed by atoms with Crippen LogP contribution in [-0.4, -0.2) is 16.7 Å². The molecule has 0 aliphatic carbocycles. The summed E-state index contributed by atoms with van der Waals surface area (Å²) in [4.78, 5) is 3.48. The van der Waals surface area contributed by atoms with Crippen LogP contribution in [0, 0.1) is 0 Å². The molecule has 1 heterocycles. The number of alkyl halides is 3. The number of methoxy groups -OCH3 is 1. The minimum Gasteiger partial charge on any atom is -0.496 e. The lowest BCUT2D eigenvalue weighted by Gasteiger charge is -2.11. The lowest BCUT2D eigenvalue weighted by molar-refractivity contribution is -0.146. The molecule has 0 atom stereocenters. The number of halogens is 3. The van der Waals surface area contributed by atoms with Gasteiger partial charge >= 0.3 is 6.18 Å². The van der Waals surface area contributed by atoms with Gasteiger partial charge in [-0.2, -0.15) is 13.2 Å². The smallest absolute Gasteiger partial charge is 0.449 e. The van der Waals surface area contributed by atoms with E-state index in [-0.39, 0.29) is 10.7 Å². The zero-order valence-corrected chi connectivity index (χ0v) is 11.1. The zero-order valence-electron chi connectivity index (χ0n) is 10.2. The Morgan fingerprint density at radius 1 is 1.26 bits per heavy atom. The molecule has 0 aliphatic heterocycles. The van der Waals surface area contributed by atoms with E-state index in [4.69, 9.17) is 4.74 Å². The lowest BCUT2D eigenvalue weighted by Crippen LogP contribution is -2.13. The van der Waals surface area contributed by atoms with Gasteiger partial charge in [-0.05, 0) is 12.1 Å². The molecule has 0 amide bonds. The second kappa shape index (κ2) is 4.80. The average Bonchev–Trinajstić information content (AvgIpc) is 2.64. The summed E-state index contributed by atoms with van der Waals surface area (Å²) in [6, 6.07) is 6.78. The first kappa shape index (κ1) is 13.8. The fourth-order valence-corrected chi connectivity index (χ4v) is 2.24. The van der Waals surface area contributed by atoms with Crippen molar-refractivity contribution in [3.8, 4) is 17.0 Å². The Morgan fingerprint density at radius 3 is 2.42 bits per heavy atom. The maximum absolute atomic E-state index is 12.8. The Hall–Kier alpha value is -1.63. The van der Waals surface area contributed by atoms with E-state index in [2.05, 4.69) is 17.6 Å². The summed E-state index contributed by atoms with van der Waals surface area (Å²) in [7, 11) is 2.76. The Bertz CT molecular complexity index is 608. The largest absolute Gasteiger partial charge is 0.496 e. The third-order valence-corrected chi connectivity index (χ3v) is 3.00. The predicted octanol–water partition coefficient (Wildman–Crippen LogP) is 3.40. The van der Waals surface area contributed by atoms with Gasteiger partial charge in [0.25, 0.3) is 0 Å². The molecule has 7 heteroatoms. The van der Waals surface area contributed by atoms with Crippen LogP contribution < -0.4 is 4.74 Å². The van der Waals surface area contributed by atoms with Crippen LogP contribution in [0.3, 0.4) is 0 Å². The summed E-state index contributed by atoms with van der Waals surface area (Å²) in [6.07, 6.45) is -4.52. The Kier molecular flexibility index (Phi) is 3.49. The predicted molar refractivity (Wildman–Crippen MR) is 67.5 cm³/mol. The Morgan fingerprint density at radius 2 is 1.89 bits per heavy atom. The monoisotopic (exact) mass is 288 g/mol. The van der Waals surface area contributed by atoms with Crippen LogP contribution in [0.2, 0.25) is 0 Å². The van der Waals surface area contributed by atoms with Crippen molar-refractivity contribution < 1.29 is 17.9 Å². The van der Waals surface area contributed by atoms with E-state index in [1.165, 1.54) is 14.2 Å². The first-order chi connectivity index (χ1) is 8.86. The van der Waals surface area contributed by atoms with Crippen LogP contribution in [0.4, 0.5) is 13.2 Å². The van der Waals surface area contributed by atoms with Crippen molar-refractivity contribution in [2.45, 2.75) is 11.2 Å². The highest BCUT2D eigenvalue weighted by Crippen LogP contribution is 2.38. The van der Waals surface area contributed by atoms with Crippen LogP contribution in [0.15, 0.2) is 29.3 Å². The highest BCUT2D eigenvalue weighted by Gasteiger charge is 2.38. The lowest BCUT2D eigenvalue weighted by atomic mass is 10.1. The van der Waals surface area contributed by atoms with Gasteiger partial charge in [-0.1, -0.05) is 12.1 Å². The first-order valence-electron chi connectivity index (χ1n) is 5.32. The molecule has 0 unspecified atom stereocenters. The highest BCUT2D eigenvalue weighted by atomic mass is 32.1. The molecule has 1 aromatic heterocycles. The number of imidazole rings is 1. The topological polar surface area (TPSA) is 27.1 Å². The molecule has 2 aromatic rings. The number of hydrogen-bond acceptors (Lipinski definition) is 3. The maximum Gasteiger partial charge on any atom is 0.449 e. The Labute approximate surface area is 113 Å². The van der Waals surface area contributed by atoms with Gasteiger partial charge in [0.15, 0.2) is 0 Å². The van der Waals surface area contributed by atoms with Gasteiger partial charge in [0.1, 0.15) is 10.8 Å². The molecule has 0 saturated carbocycles. The maximum atomic E-state index is 12.8.